The van der Waals surface area contributed by atoms with E-state index in [0.717, 1.165) is 28.6 Å². The monoisotopic (exact) mass is 355 g/mol. The van der Waals surface area contributed by atoms with E-state index in [1.807, 2.05) is 32.0 Å². The van der Waals surface area contributed by atoms with Gasteiger partial charge in [-0.2, -0.15) is 0 Å². The van der Waals surface area contributed by atoms with Crippen LogP contribution in [0.1, 0.15) is 11.1 Å². The third-order valence-corrected chi connectivity index (χ3v) is 4.43. The number of hydrogen-bond donors (Lipinski definition) is 2. The molecule has 0 aliphatic heterocycles. The molecule has 0 aliphatic carbocycles. The van der Waals surface area contributed by atoms with Crippen molar-refractivity contribution >= 4 is 23.4 Å². The third kappa shape index (κ3) is 4.00. The minimum Gasteiger partial charge on any atom is -0.507 e. The average molecular weight is 355 g/mol. The van der Waals surface area contributed by atoms with Gasteiger partial charge < -0.3 is 14.8 Å². The van der Waals surface area contributed by atoms with Crippen LogP contribution in [0.15, 0.2) is 52.1 Å². The summed E-state index contributed by atoms with van der Waals surface area (Å²) in [5.41, 5.74) is 3.31. The number of para-hydroxylation sites is 2. The van der Waals surface area contributed by atoms with Crippen molar-refractivity contribution in [3.8, 4) is 17.2 Å². The van der Waals surface area contributed by atoms with Gasteiger partial charge >= 0.3 is 0 Å². The Morgan fingerprint density at radius 3 is 2.56 bits per heavy atom. The van der Waals surface area contributed by atoms with Crippen LogP contribution in [-0.4, -0.2) is 27.0 Å². The van der Waals surface area contributed by atoms with Crippen molar-refractivity contribution in [3.63, 3.8) is 0 Å². The first-order valence-corrected chi connectivity index (χ1v) is 8.64. The summed E-state index contributed by atoms with van der Waals surface area (Å²) in [4.78, 5) is 12.2. The molecule has 0 radical (unpaired) electrons. The highest BCUT2D eigenvalue weighted by molar-refractivity contribution is 7.99. The lowest BCUT2D eigenvalue weighted by Crippen LogP contribution is -2.15. The number of rotatable bonds is 5. The largest absolute Gasteiger partial charge is 0.507 e. The Kier molecular flexibility index (Phi) is 5.04. The number of carbonyl (C=O) groups excluding carboxylic acids is 1. The Labute approximate surface area is 149 Å². The molecular formula is C18H17N3O3S. The lowest BCUT2D eigenvalue weighted by Gasteiger charge is -2.10. The second kappa shape index (κ2) is 7.40. The molecule has 0 bridgehead atoms. The molecule has 128 valence electrons. The number of anilines is 1. The van der Waals surface area contributed by atoms with E-state index in [1.165, 1.54) is 0 Å². The second-order valence-electron chi connectivity index (χ2n) is 5.49. The van der Waals surface area contributed by atoms with Gasteiger partial charge in [-0.05, 0) is 37.1 Å². The Hall–Kier alpha value is -2.80. The first-order chi connectivity index (χ1) is 12.0. The highest BCUT2D eigenvalue weighted by atomic mass is 32.2. The Morgan fingerprint density at radius 2 is 1.84 bits per heavy atom. The summed E-state index contributed by atoms with van der Waals surface area (Å²) in [6.07, 6.45) is 0. The number of phenols is 1. The maximum absolute atomic E-state index is 12.2. The quantitative estimate of drug-likeness (QED) is 0.677. The van der Waals surface area contributed by atoms with Crippen LogP contribution < -0.4 is 5.32 Å². The van der Waals surface area contributed by atoms with Gasteiger partial charge in [0.15, 0.2) is 0 Å². The molecular weight excluding hydrogens is 338 g/mol. The van der Waals surface area contributed by atoms with Crippen molar-refractivity contribution in [2.75, 3.05) is 11.1 Å². The van der Waals surface area contributed by atoms with E-state index in [2.05, 4.69) is 15.5 Å². The van der Waals surface area contributed by atoms with Crippen molar-refractivity contribution in [2.45, 2.75) is 19.1 Å². The number of amides is 1. The molecule has 0 unspecified atom stereocenters. The first kappa shape index (κ1) is 17.0. The van der Waals surface area contributed by atoms with Gasteiger partial charge in [0.05, 0.1) is 11.3 Å². The third-order valence-electron chi connectivity index (χ3n) is 3.61. The number of carbonyl (C=O) groups is 1. The van der Waals surface area contributed by atoms with Crippen LogP contribution in [0.25, 0.3) is 11.5 Å². The van der Waals surface area contributed by atoms with Crippen LogP contribution in [0.5, 0.6) is 5.75 Å². The number of aromatic nitrogens is 2. The van der Waals surface area contributed by atoms with E-state index >= 15 is 0 Å². The number of phenolic OH excluding ortho intramolecular Hbond substituents is 1. The molecule has 7 heteroatoms. The van der Waals surface area contributed by atoms with Gasteiger partial charge in [-0.15, -0.1) is 10.2 Å². The van der Waals surface area contributed by atoms with Crippen LogP contribution in [-0.2, 0) is 4.79 Å². The van der Waals surface area contributed by atoms with E-state index in [1.54, 1.807) is 24.3 Å². The fraction of sp³-hybridized carbons (Fsp3) is 0.167. The predicted octanol–water partition coefficient (Wildman–Crippen LogP) is 3.79. The van der Waals surface area contributed by atoms with Crippen LogP contribution in [0.2, 0.25) is 0 Å². The van der Waals surface area contributed by atoms with Crippen LogP contribution >= 0.6 is 11.8 Å². The summed E-state index contributed by atoms with van der Waals surface area (Å²) in [5, 5.41) is 20.8. The van der Waals surface area contributed by atoms with Crippen molar-refractivity contribution < 1.29 is 14.3 Å². The average Bonchev–Trinajstić information content (AvgIpc) is 3.06. The molecule has 3 aromatic rings. The molecule has 0 saturated carbocycles. The SMILES string of the molecule is Cc1cccc(C)c1NC(=O)CSc1nnc(-c2ccccc2O)o1. The molecule has 0 atom stereocenters. The number of thioether (sulfide) groups is 1. The molecule has 1 aromatic heterocycles. The fourth-order valence-corrected chi connectivity index (χ4v) is 2.91. The van der Waals surface area contributed by atoms with Gasteiger partial charge in [-0.1, -0.05) is 42.1 Å². The first-order valence-electron chi connectivity index (χ1n) is 7.65. The normalized spacial score (nSPS) is 10.6. The van der Waals surface area contributed by atoms with Gasteiger partial charge in [-0.3, -0.25) is 4.79 Å². The Bertz CT molecular complexity index is 888. The minimum absolute atomic E-state index is 0.0653. The second-order valence-corrected chi connectivity index (χ2v) is 6.42. The minimum atomic E-state index is -0.148. The number of nitrogens with zero attached hydrogens (tertiary/aromatic N) is 2. The molecule has 3 rings (SSSR count). The molecule has 6 nitrogen and oxygen atoms in total. The molecule has 25 heavy (non-hydrogen) atoms. The van der Waals surface area contributed by atoms with Crippen molar-refractivity contribution in [1.82, 2.24) is 10.2 Å². The zero-order chi connectivity index (χ0) is 17.8. The van der Waals surface area contributed by atoms with E-state index in [0.29, 0.717) is 5.56 Å². The van der Waals surface area contributed by atoms with Crippen molar-refractivity contribution in [1.29, 1.82) is 0 Å². The number of nitrogens with one attached hydrogen (secondary N) is 1. The van der Waals surface area contributed by atoms with Gasteiger partial charge in [0.25, 0.3) is 11.1 Å². The van der Waals surface area contributed by atoms with E-state index in [9.17, 15) is 9.90 Å². The zero-order valence-corrected chi connectivity index (χ0v) is 14.6. The molecule has 2 aromatic carbocycles. The van der Waals surface area contributed by atoms with Gasteiger partial charge in [0.2, 0.25) is 5.91 Å². The predicted molar refractivity (Wildman–Crippen MR) is 96.7 cm³/mol. The number of benzene rings is 2. The summed E-state index contributed by atoms with van der Waals surface area (Å²) in [5.74, 6) is 0.284. The van der Waals surface area contributed by atoms with Crippen molar-refractivity contribution in [2.24, 2.45) is 0 Å². The maximum Gasteiger partial charge on any atom is 0.277 e. The molecule has 0 spiro atoms. The highest BCUT2D eigenvalue weighted by Gasteiger charge is 2.14. The molecule has 1 heterocycles. The zero-order valence-electron chi connectivity index (χ0n) is 13.8. The molecule has 1 amide bonds. The summed E-state index contributed by atoms with van der Waals surface area (Å²) >= 11 is 1.15. The lowest BCUT2D eigenvalue weighted by atomic mass is 10.1. The molecule has 0 fully saturated rings. The Balaban J connectivity index is 1.63. The molecule has 0 saturated heterocycles. The topological polar surface area (TPSA) is 88.2 Å². The number of aryl methyl sites for hydroxylation is 2. The smallest absolute Gasteiger partial charge is 0.277 e. The van der Waals surface area contributed by atoms with Crippen molar-refractivity contribution in [3.05, 3.63) is 53.6 Å². The van der Waals surface area contributed by atoms with Gasteiger partial charge in [0.1, 0.15) is 5.75 Å². The number of hydrogen-bond acceptors (Lipinski definition) is 6. The fourth-order valence-electron chi connectivity index (χ4n) is 2.35. The molecule has 2 N–H and O–H groups in total. The number of aromatic hydroxyl groups is 1. The standard InChI is InChI=1S/C18H17N3O3S/c1-11-6-5-7-12(2)16(11)19-15(23)10-25-18-21-20-17(24-18)13-8-3-4-9-14(13)22/h3-9,22H,10H2,1-2H3,(H,19,23). The van der Waals surface area contributed by atoms with Crippen LogP contribution in [0, 0.1) is 13.8 Å². The maximum atomic E-state index is 12.2. The van der Waals surface area contributed by atoms with Gasteiger partial charge in [0, 0.05) is 5.69 Å². The summed E-state index contributed by atoms with van der Waals surface area (Å²) in [6, 6.07) is 12.6. The Morgan fingerprint density at radius 1 is 1.12 bits per heavy atom. The summed E-state index contributed by atoms with van der Waals surface area (Å²) in [6.45, 7) is 3.90. The summed E-state index contributed by atoms with van der Waals surface area (Å²) < 4.78 is 5.50. The summed E-state index contributed by atoms with van der Waals surface area (Å²) in [7, 11) is 0. The molecule has 0 aliphatic rings. The van der Waals surface area contributed by atoms with Gasteiger partial charge in [-0.25, -0.2) is 0 Å². The highest BCUT2D eigenvalue weighted by Crippen LogP contribution is 2.29. The van der Waals surface area contributed by atoms with E-state index in [4.69, 9.17) is 4.42 Å². The van der Waals surface area contributed by atoms with Crippen LogP contribution in [0.4, 0.5) is 5.69 Å². The van der Waals surface area contributed by atoms with E-state index < -0.39 is 0 Å². The van der Waals surface area contributed by atoms with E-state index in [-0.39, 0.29) is 28.5 Å². The lowest BCUT2D eigenvalue weighted by molar-refractivity contribution is -0.113. The van der Waals surface area contributed by atoms with Crippen LogP contribution in [0.3, 0.4) is 0 Å².